The van der Waals surface area contributed by atoms with Crippen molar-refractivity contribution in [2.75, 3.05) is 25.2 Å². The normalized spacial score (nSPS) is 21.3. The molecule has 0 saturated carbocycles. The summed E-state index contributed by atoms with van der Waals surface area (Å²) in [6, 6.07) is 6.52. The van der Waals surface area contributed by atoms with Crippen LogP contribution in [0.25, 0.3) is 0 Å². The van der Waals surface area contributed by atoms with Gasteiger partial charge in [-0.25, -0.2) is 8.42 Å². The molecule has 1 heterocycles. The van der Waals surface area contributed by atoms with Gasteiger partial charge in [0.05, 0.1) is 18.9 Å². The number of para-hydroxylation sites is 1. The van der Waals surface area contributed by atoms with Crippen molar-refractivity contribution in [1.29, 1.82) is 0 Å². The van der Waals surface area contributed by atoms with Crippen LogP contribution in [-0.4, -0.2) is 38.5 Å². The van der Waals surface area contributed by atoms with E-state index < -0.39 is 10.0 Å². The lowest BCUT2D eigenvalue weighted by atomic mass is 10.2. The molecular formula is C12H19N3O3S. The lowest BCUT2D eigenvalue weighted by Gasteiger charge is -2.34. The molecule has 3 N–H and O–H groups in total. The highest BCUT2D eigenvalue weighted by atomic mass is 32.2. The maximum Gasteiger partial charge on any atom is 0.245 e. The van der Waals surface area contributed by atoms with Gasteiger partial charge in [0.25, 0.3) is 0 Å². The van der Waals surface area contributed by atoms with Gasteiger partial charge in [-0.3, -0.25) is 5.84 Å². The largest absolute Gasteiger partial charge is 0.378 e. The third-order valence-corrected chi connectivity index (χ3v) is 5.28. The summed E-state index contributed by atoms with van der Waals surface area (Å²) in [5.41, 5.74) is 2.84. The van der Waals surface area contributed by atoms with E-state index in [-0.39, 0.29) is 10.9 Å². The molecule has 1 atom stereocenters. The predicted octanol–water partition coefficient (Wildman–Crippen LogP) is 0.772. The number of nitrogens with two attached hydrogens (primary N) is 1. The summed E-state index contributed by atoms with van der Waals surface area (Å²) in [6.45, 7) is 3.19. The van der Waals surface area contributed by atoms with E-state index in [1.807, 2.05) is 6.92 Å². The first-order valence-corrected chi connectivity index (χ1v) is 7.70. The summed E-state index contributed by atoms with van der Waals surface area (Å²) >= 11 is 0. The summed E-state index contributed by atoms with van der Waals surface area (Å²) in [4.78, 5) is 0.206. The molecule has 1 saturated heterocycles. The highest BCUT2D eigenvalue weighted by molar-refractivity contribution is 7.89. The Morgan fingerprint density at radius 2 is 2.21 bits per heavy atom. The van der Waals surface area contributed by atoms with Crippen molar-refractivity contribution >= 4 is 15.7 Å². The van der Waals surface area contributed by atoms with Gasteiger partial charge in [-0.05, 0) is 18.6 Å². The molecule has 1 aliphatic heterocycles. The van der Waals surface area contributed by atoms with E-state index in [0.29, 0.717) is 25.4 Å². The second-order valence-corrected chi connectivity index (χ2v) is 6.25. The van der Waals surface area contributed by atoms with Crippen LogP contribution in [0.1, 0.15) is 13.3 Å². The number of nitrogens with one attached hydrogen (secondary N) is 1. The van der Waals surface area contributed by atoms with Gasteiger partial charge in [0.15, 0.2) is 0 Å². The number of hydrazine groups is 1. The van der Waals surface area contributed by atoms with Crippen molar-refractivity contribution in [2.45, 2.75) is 24.3 Å². The molecule has 1 aromatic carbocycles. The number of nitrogen functional groups attached to an aromatic ring is 1. The van der Waals surface area contributed by atoms with Crippen LogP contribution < -0.4 is 11.3 Å². The zero-order chi connectivity index (χ0) is 13.9. The third kappa shape index (κ3) is 2.74. The summed E-state index contributed by atoms with van der Waals surface area (Å²) < 4.78 is 32.3. The molecule has 19 heavy (non-hydrogen) atoms. The second-order valence-electron chi connectivity index (χ2n) is 4.39. The number of rotatable bonds is 4. The molecule has 7 heteroatoms. The fourth-order valence-electron chi connectivity index (χ4n) is 2.21. The van der Waals surface area contributed by atoms with E-state index in [1.165, 1.54) is 4.31 Å². The molecule has 106 valence electrons. The van der Waals surface area contributed by atoms with Crippen LogP contribution in [-0.2, 0) is 14.8 Å². The van der Waals surface area contributed by atoms with Crippen LogP contribution in [0.15, 0.2) is 29.2 Å². The smallest absolute Gasteiger partial charge is 0.245 e. The number of sulfonamides is 1. The molecule has 1 fully saturated rings. The van der Waals surface area contributed by atoms with E-state index in [2.05, 4.69) is 5.43 Å². The standard InChI is InChI=1S/C12H19N3O3S/c1-2-10-9-18-8-7-15(10)19(16,17)12-6-4-3-5-11(12)14-13/h3-6,10,14H,2,7-9,13H2,1H3. The van der Waals surface area contributed by atoms with Crippen molar-refractivity contribution in [3.8, 4) is 0 Å². The van der Waals surface area contributed by atoms with Gasteiger partial charge in [0.1, 0.15) is 4.90 Å². The number of hydrogen-bond acceptors (Lipinski definition) is 5. The van der Waals surface area contributed by atoms with Gasteiger partial charge in [0, 0.05) is 12.6 Å². The fraction of sp³-hybridized carbons (Fsp3) is 0.500. The predicted molar refractivity (Wildman–Crippen MR) is 73.0 cm³/mol. The molecule has 0 spiro atoms. The Morgan fingerprint density at radius 1 is 1.47 bits per heavy atom. The number of ether oxygens (including phenoxy) is 1. The molecule has 0 amide bonds. The Morgan fingerprint density at radius 3 is 2.89 bits per heavy atom. The first kappa shape index (κ1) is 14.3. The van der Waals surface area contributed by atoms with Crippen molar-refractivity contribution < 1.29 is 13.2 Å². The Kier molecular flexibility index (Phi) is 4.41. The minimum Gasteiger partial charge on any atom is -0.378 e. The number of anilines is 1. The van der Waals surface area contributed by atoms with Crippen LogP contribution in [0.2, 0.25) is 0 Å². The Hall–Kier alpha value is -1.15. The zero-order valence-corrected chi connectivity index (χ0v) is 11.7. The second kappa shape index (κ2) is 5.87. The van der Waals surface area contributed by atoms with Gasteiger partial charge in [-0.1, -0.05) is 19.1 Å². The maximum atomic E-state index is 12.7. The highest BCUT2D eigenvalue weighted by Gasteiger charge is 2.34. The molecule has 6 nitrogen and oxygen atoms in total. The first-order valence-electron chi connectivity index (χ1n) is 6.26. The number of morpholine rings is 1. The summed E-state index contributed by atoms with van der Waals surface area (Å²) in [7, 11) is -3.56. The fourth-order valence-corrected chi connectivity index (χ4v) is 4.04. The minimum absolute atomic E-state index is 0.121. The topological polar surface area (TPSA) is 84.7 Å². The Balaban J connectivity index is 2.40. The molecule has 2 rings (SSSR count). The zero-order valence-electron chi connectivity index (χ0n) is 10.9. The molecule has 0 bridgehead atoms. The lowest BCUT2D eigenvalue weighted by molar-refractivity contribution is 0.0314. The number of hydrogen-bond donors (Lipinski definition) is 2. The van der Waals surface area contributed by atoms with Crippen molar-refractivity contribution in [3.05, 3.63) is 24.3 Å². The minimum atomic E-state index is -3.56. The van der Waals surface area contributed by atoms with Gasteiger partial charge in [-0.2, -0.15) is 4.31 Å². The quantitative estimate of drug-likeness (QED) is 0.630. The lowest BCUT2D eigenvalue weighted by Crippen LogP contribution is -2.48. The third-order valence-electron chi connectivity index (χ3n) is 3.27. The van der Waals surface area contributed by atoms with Gasteiger partial charge < -0.3 is 10.2 Å². The van der Waals surface area contributed by atoms with E-state index in [0.717, 1.165) is 6.42 Å². The van der Waals surface area contributed by atoms with Crippen LogP contribution >= 0.6 is 0 Å². The van der Waals surface area contributed by atoms with Crippen molar-refractivity contribution in [1.82, 2.24) is 4.31 Å². The molecular weight excluding hydrogens is 266 g/mol. The summed E-state index contributed by atoms with van der Waals surface area (Å²) in [6.07, 6.45) is 0.720. The summed E-state index contributed by atoms with van der Waals surface area (Å²) in [5.74, 6) is 5.39. The van der Waals surface area contributed by atoms with Crippen LogP contribution in [0, 0.1) is 0 Å². The van der Waals surface area contributed by atoms with Crippen LogP contribution in [0.3, 0.4) is 0 Å². The van der Waals surface area contributed by atoms with E-state index >= 15 is 0 Å². The number of nitrogens with zero attached hydrogens (tertiary/aromatic N) is 1. The van der Waals surface area contributed by atoms with Crippen LogP contribution in [0.4, 0.5) is 5.69 Å². The average Bonchev–Trinajstić information content (AvgIpc) is 2.47. The molecule has 1 aliphatic rings. The maximum absolute atomic E-state index is 12.7. The van der Waals surface area contributed by atoms with Crippen LogP contribution in [0.5, 0.6) is 0 Å². The van der Waals surface area contributed by atoms with E-state index in [9.17, 15) is 8.42 Å². The van der Waals surface area contributed by atoms with Crippen molar-refractivity contribution in [3.63, 3.8) is 0 Å². The Labute approximate surface area is 113 Å². The SMILES string of the molecule is CCC1COCCN1S(=O)(=O)c1ccccc1NN. The highest BCUT2D eigenvalue weighted by Crippen LogP contribution is 2.27. The Bertz CT molecular complexity index is 533. The van der Waals surface area contributed by atoms with Gasteiger partial charge in [-0.15, -0.1) is 0 Å². The number of benzene rings is 1. The summed E-state index contributed by atoms with van der Waals surface area (Å²) in [5, 5.41) is 0. The van der Waals surface area contributed by atoms with Crippen molar-refractivity contribution in [2.24, 2.45) is 5.84 Å². The van der Waals surface area contributed by atoms with Gasteiger partial charge in [0.2, 0.25) is 10.0 Å². The molecule has 0 aliphatic carbocycles. The monoisotopic (exact) mass is 285 g/mol. The average molecular weight is 285 g/mol. The van der Waals surface area contributed by atoms with Gasteiger partial charge >= 0.3 is 0 Å². The molecule has 0 aromatic heterocycles. The van der Waals surface area contributed by atoms with E-state index in [4.69, 9.17) is 10.6 Å². The molecule has 1 unspecified atom stereocenters. The molecule has 0 radical (unpaired) electrons. The first-order chi connectivity index (χ1) is 9.11. The molecule has 1 aromatic rings. The van der Waals surface area contributed by atoms with E-state index in [1.54, 1.807) is 24.3 Å².